The molecule has 1 aliphatic heterocycles. The van der Waals surface area contributed by atoms with Crippen molar-refractivity contribution in [3.05, 3.63) is 101 Å². The smallest absolute Gasteiger partial charge is 0.350 e. The molecule has 31 heavy (non-hydrogen) atoms. The molecule has 1 aliphatic rings. The molecule has 3 aromatic carbocycles. The second-order valence-electron chi connectivity index (χ2n) is 7.10. The highest BCUT2D eigenvalue weighted by atomic mass is 19.4. The van der Waals surface area contributed by atoms with E-state index in [-0.39, 0.29) is 17.0 Å². The molecule has 0 unspecified atom stereocenters. The SMILES string of the molecule is Cc1ccc(N2C(=O)C(Nc3cccc(C(F)(F)F)c3)=C(c3ccccc3)C2=O)cc1. The first kappa shape index (κ1) is 20.4. The lowest BCUT2D eigenvalue weighted by molar-refractivity contribution is -0.137. The summed E-state index contributed by atoms with van der Waals surface area (Å²) in [5, 5.41) is 2.76. The van der Waals surface area contributed by atoms with Gasteiger partial charge in [0.1, 0.15) is 5.70 Å². The Balaban J connectivity index is 1.80. The van der Waals surface area contributed by atoms with E-state index < -0.39 is 23.6 Å². The van der Waals surface area contributed by atoms with Crippen LogP contribution in [0.4, 0.5) is 24.5 Å². The van der Waals surface area contributed by atoms with Crippen LogP contribution < -0.4 is 10.2 Å². The van der Waals surface area contributed by atoms with Gasteiger partial charge in [0.05, 0.1) is 16.8 Å². The second-order valence-corrected chi connectivity index (χ2v) is 7.10. The van der Waals surface area contributed by atoms with E-state index in [0.717, 1.165) is 22.6 Å². The Hall–Kier alpha value is -3.87. The zero-order chi connectivity index (χ0) is 22.2. The number of alkyl halides is 3. The molecule has 0 radical (unpaired) electrons. The van der Waals surface area contributed by atoms with Crippen molar-refractivity contribution in [2.75, 3.05) is 10.2 Å². The first-order chi connectivity index (χ1) is 14.8. The largest absolute Gasteiger partial charge is 0.416 e. The molecule has 0 atom stereocenters. The van der Waals surface area contributed by atoms with Gasteiger partial charge in [0.2, 0.25) is 0 Å². The molecule has 0 aromatic heterocycles. The third-order valence-corrected chi connectivity index (χ3v) is 4.90. The van der Waals surface area contributed by atoms with Gasteiger partial charge in [0, 0.05) is 5.69 Å². The lowest BCUT2D eigenvalue weighted by Crippen LogP contribution is -2.32. The molecule has 0 spiro atoms. The van der Waals surface area contributed by atoms with Crippen molar-refractivity contribution in [1.82, 2.24) is 0 Å². The predicted molar refractivity (Wildman–Crippen MR) is 112 cm³/mol. The number of rotatable bonds is 4. The van der Waals surface area contributed by atoms with Crippen molar-refractivity contribution in [2.24, 2.45) is 0 Å². The fraction of sp³-hybridized carbons (Fsp3) is 0.0833. The van der Waals surface area contributed by atoms with Crippen molar-refractivity contribution in [3.8, 4) is 0 Å². The van der Waals surface area contributed by atoms with Gasteiger partial charge < -0.3 is 5.32 Å². The van der Waals surface area contributed by atoms with E-state index in [2.05, 4.69) is 5.32 Å². The molecule has 4 nitrogen and oxygen atoms in total. The Kier molecular flexibility index (Phi) is 5.10. The van der Waals surface area contributed by atoms with E-state index in [4.69, 9.17) is 0 Å². The number of carbonyl (C=O) groups is 2. The summed E-state index contributed by atoms with van der Waals surface area (Å²) in [5.74, 6) is -1.18. The van der Waals surface area contributed by atoms with Gasteiger partial charge in [-0.1, -0.05) is 54.1 Å². The molecule has 1 N–H and O–H groups in total. The summed E-state index contributed by atoms with van der Waals surface area (Å²) in [6.07, 6.45) is -4.53. The third kappa shape index (κ3) is 3.94. The average Bonchev–Trinajstić information content (AvgIpc) is 2.98. The maximum atomic E-state index is 13.3. The standard InChI is InChI=1S/C24H17F3N2O2/c1-15-10-12-19(13-11-15)29-22(30)20(16-6-3-2-4-7-16)21(23(29)31)28-18-9-5-8-17(14-18)24(25,26)27/h2-14,28H,1H3. The van der Waals surface area contributed by atoms with Crippen molar-refractivity contribution >= 4 is 28.8 Å². The van der Waals surface area contributed by atoms with Gasteiger partial charge in [-0.2, -0.15) is 13.2 Å². The number of carbonyl (C=O) groups excluding carboxylic acids is 2. The van der Waals surface area contributed by atoms with Crippen LogP contribution in [0.1, 0.15) is 16.7 Å². The average molecular weight is 422 g/mol. The van der Waals surface area contributed by atoms with Crippen LogP contribution in [0.2, 0.25) is 0 Å². The number of benzene rings is 3. The Bertz CT molecular complexity index is 1180. The number of imide groups is 1. The van der Waals surface area contributed by atoms with Gasteiger partial charge in [-0.25, -0.2) is 4.90 Å². The molecular formula is C24H17F3N2O2. The van der Waals surface area contributed by atoms with Gasteiger partial charge in [0.15, 0.2) is 0 Å². The topological polar surface area (TPSA) is 49.4 Å². The van der Waals surface area contributed by atoms with E-state index in [1.807, 2.05) is 6.92 Å². The van der Waals surface area contributed by atoms with Gasteiger partial charge in [-0.05, 0) is 42.8 Å². The second kappa shape index (κ2) is 7.75. The van der Waals surface area contributed by atoms with Crippen LogP contribution in [0.5, 0.6) is 0 Å². The molecule has 0 fully saturated rings. The van der Waals surface area contributed by atoms with E-state index in [1.165, 1.54) is 12.1 Å². The lowest BCUT2D eigenvalue weighted by Gasteiger charge is -2.16. The van der Waals surface area contributed by atoms with E-state index in [0.29, 0.717) is 11.3 Å². The van der Waals surface area contributed by atoms with Crippen molar-refractivity contribution in [1.29, 1.82) is 0 Å². The van der Waals surface area contributed by atoms with Crippen LogP contribution in [-0.2, 0) is 15.8 Å². The first-order valence-electron chi connectivity index (χ1n) is 9.45. The monoisotopic (exact) mass is 422 g/mol. The van der Waals surface area contributed by atoms with Gasteiger partial charge in [-0.3, -0.25) is 9.59 Å². The fourth-order valence-corrected chi connectivity index (χ4v) is 3.36. The molecule has 0 saturated heterocycles. The molecule has 1 heterocycles. The summed E-state index contributed by atoms with van der Waals surface area (Å²) in [6, 6.07) is 19.9. The molecule has 3 aromatic rings. The summed E-state index contributed by atoms with van der Waals surface area (Å²) >= 11 is 0. The van der Waals surface area contributed by atoms with Crippen molar-refractivity contribution < 1.29 is 22.8 Å². The predicted octanol–water partition coefficient (Wildman–Crippen LogP) is 5.41. The Morgan fingerprint density at radius 3 is 2.13 bits per heavy atom. The van der Waals surface area contributed by atoms with Gasteiger partial charge in [0.25, 0.3) is 11.8 Å². The number of anilines is 2. The molecule has 156 valence electrons. The summed E-state index contributed by atoms with van der Waals surface area (Å²) in [4.78, 5) is 27.5. The molecule has 0 aliphatic carbocycles. The minimum Gasteiger partial charge on any atom is -0.350 e. The normalized spacial score (nSPS) is 14.4. The van der Waals surface area contributed by atoms with Crippen LogP contribution >= 0.6 is 0 Å². The number of aryl methyl sites for hydroxylation is 1. The number of amides is 2. The first-order valence-corrected chi connectivity index (χ1v) is 9.45. The highest BCUT2D eigenvalue weighted by Gasteiger charge is 2.40. The number of hydrogen-bond donors (Lipinski definition) is 1. The molecular weight excluding hydrogens is 405 g/mol. The summed E-state index contributed by atoms with van der Waals surface area (Å²) < 4.78 is 39.3. The zero-order valence-corrected chi connectivity index (χ0v) is 16.4. The molecule has 0 saturated carbocycles. The number of nitrogens with one attached hydrogen (secondary N) is 1. The zero-order valence-electron chi connectivity index (χ0n) is 16.4. The Labute approximate surface area is 176 Å². The number of hydrogen-bond acceptors (Lipinski definition) is 3. The minimum atomic E-state index is -4.53. The molecule has 7 heteroatoms. The lowest BCUT2D eigenvalue weighted by atomic mass is 10.0. The van der Waals surface area contributed by atoms with Crippen LogP contribution in [-0.4, -0.2) is 11.8 Å². The Morgan fingerprint density at radius 2 is 1.48 bits per heavy atom. The quantitative estimate of drug-likeness (QED) is 0.572. The van der Waals surface area contributed by atoms with Crippen LogP contribution in [0, 0.1) is 6.92 Å². The highest BCUT2D eigenvalue weighted by molar-refractivity contribution is 6.46. The highest BCUT2D eigenvalue weighted by Crippen LogP contribution is 2.35. The number of nitrogens with zero attached hydrogens (tertiary/aromatic N) is 1. The summed E-state index contributed by atoms with van der Waals surface area (Å²) in [6.45, 7) is 1.88. The van der Waals surface area contributed by atoms with Crippen LogP contribution in [0.15, 0.2) is 84.6 Å². The van der Waals surface area contributed by atoms with Gasteiger partial charge in [-0.15, -0.1) is 0 Å². The van der Waals surface area contributed by atoms with Crippen molar-refractivity contribution in [2.45, 2.75) is 13.1 Å². The summed E-state index contributed by atoms with van der Waals surface area (Å²) in [5.41, 5.74) is 1.07. The molecule has 2 amide bonds. The number of halogens is 3. The third-order valence-electron chi connectivity index (χ3n) is 4.90. The fourth-order valence-electron chi connectivity index (χ4n) is 3.36. The Morgan fingerprint density at radius 1 is 0.806 bits per heavy atom. The van der Waals surface area contributed by atoms with Crippen molar-refractivity contribution in [3.63, 3.8) is 0 Å². The van der Waals surface area contributed by atoms with E-state index in [1.54, 1.807) is 54.6 Å². The molecule has 4 rings (SSSR count). The van der Waals surface area contributed by atoms with Gasteiger partial charge >= 0.3 is 6.18 Å². The maximum Gasteiger partial charge on any atom is 0.416 e. The summed E-state index contributed by atoms with van der Waals surface area (Å²) in [7, 11) is 0. The van der Waals surface area contributed by atoms with E-state index in [9.17, 15) is 22.8 Å². The van der Waals surface area contributed by atoms with E-state index >= 15 is 0 Å². The van der Waals surface area contributed by atoms with Crippen LogP contribution in [0.25, 0.3) is 5.57 Å². The molecule has 0 bridgehead atoms. The maximum absolute atomic E-state index is 13.3. The van der Waals surface area contributed by atoms with Crippen LogP contribution in [0.3, 0.4) is 0 Å². The minimum absolute atomic E-state index is 0.0603.